The number of allylic oxidation sites excluding steroid dienone is 1. The Balaban J connectivity index is 2.10. The number of benzene rings is 1. The Hall–Kier alpha value is -2.81. The molecule has 1 aromatic rings. The average Bonchev–Trinajstić information content (AvgIpc) is 3.14. The van der Waals surface area contributed by atoms with E-state index in [2.05, 4.69) is 0 Å². The van der Waals surface area contributed by atoms with Crippen molar-refractivity contribution < 1.29 is 19.1 Å². The van der Waals surface area contributed by atoms with E-state index in [9.17, 15) is 14.9 Å². The minimum atomic E-state index is -1.28. The van der Waals surface area contributed by atoms with Crippen molar-refractivity contribution in [2.45, 2.75) is 12.8 Å². The molecule has 1 atom stereocenters. The Bertz CT molecular complexity index is 685. The number of ketones is 1. The molecular weight excluding hydrogens is 308 g/mol. The summed E-state index contributed by atoms with van der Waals surface area (Å²) in [7, 11) is 3.06. The highest BCUT2D eigenvalue weighted by atomic mass is 16.5. The van der Waals surface area contributed by atoms with Gasteiger partial charge in [-0.1, -0.05) is 12.1 Å². The first kappa shape index (κ1) is 17.5. The number of nitrogens with zero attached hydrogens (tertiary/aromatic N) is 2. The normalized spacial score (nSPS) is 15.1. The number of ether oxygens (including phenoxy) is 2. The predicted molar refractivity (Wildman–Crippen MR) is 88.5 cm³/mol. The molecular formula is C18H20N2O4. The zero-order valence-corrected chi connectivity index (χ0v) is 13.8. The molecule has 1 amide bonds. The second kappa shape index (κ2) is 8.16. The minimum absolute atomic E-state index is 0.406. The lowest BCUT2D eigenvalue weighted by atomic mass is 10.0. The third-order valence-electron chi connectivity index (χ3n) is 3.93. The fourth-order valence-electron chi connectivity index (χ4n) is 2.59. The summed E-state index contributed by atoms with van der Waals surface area (Å²) >= 11 is 0. The lowest BCUT2D eigenvalue weighted by Gasteiger charge is -2.17. The van der Waals surface area contributed by atoms with Gasteiger partial charge in [-0.05, 0) is 36.6 Å². The van der Waals surface area contributed by atoms with Gasteiger partial charge < -0.3 is 14.4 Å². The molecule has 126 valence electrons. The molecule has 1 saturated heterocycles. The molecule has 1 fully saturated rings. The van der Waals surface area contributed by atoms with E-state index in [-0.39, 0.29) is 0 Å². The lowest BCUT2D eigenvalue weighted by Crippen LogP contribution is -2.36. The predicted octanol–water partition coefficient (Wildman–Crippen LogP) is 2.05. The second-order valence-electron chi connectivity index (χ2n) is 5.44. The van der Waals surface area contributed by atoms with Crippen LogP contribution in [0.15, 0.2) is 24.3 Å². The summed E-state index contributed by atoms with van der Waals surface area (Å²) in [6, 6.07) is 7.01. The highest BCUT2D eigenvalue weighted by molar-refractivity contribution is 6.10. The lowest BCUT2D eigenvalue weighted by molar-refractivity contribution is -0.136. The number of likely N-dealkylation sites (tertiary alicyclic amines) is 1. The highest BCUT2D eigenvalue weighted by Gasteiger charge is 2.30. The van der Waals surface area contributed by atoms with E-state index in [0.717, 1.165) is 12.8 Å². The van der Waals surface area contributed by atoms with Crippen molar-refractivity contribution in [1.82, 2.24) is 4.90 Å². The Morgan fingerprint density at radius 1 is 1.21 bits per heavy atom. The number of carbonyl (C=O) groups is 2. The summed E-state index contributed by atoms with van der Waals surface area (Å²) in [5.74, 6) is -1.07. The van der Waals surface area contributed by atoms with Crippen LogP contribution in [0.25, 0.3) is 6.08 Å². The zero-order chi connectivity index (χ0) is 17.5. The number of methoxy groups -OCH3 is 2. The molecule has 6 nitrogen and oxygen atoms in total. The molecule has 0 bridgehead atoms. The molecule has 6 heteroatoms. The molecule has 0 aliphatic carbocycles. The smallest absolute Gasteiger partial charge is 0.247 e. The van der Waals surface area contributed by atoms with E-state index in [4.69, 9.17) is 9.47 Å². The maximum Gasteiger partial charge on any atom is 0.247 e. The van der Waals surface area contributed by atoms with Crippen LogP contribution in [-0.4, -0.2) is 43.9 Å². The van der Waals surface area contributed by atoms with Crippen molar-refractivity contribution >= 4 is 17.8 Å². The molecule has 1 aliphatic heterocycles. The number of nitriles is 1. The monoisotopic (exact) mass is 328 g/mol. The van der Waals surface area contributed by atoms with Gasteiger partial charge in [0, 0.05) is 13.1 Å². The number of carbonyl (C=O) groups excluding carboxylic acids is 2. The summed E-state index contributed by atoms with van der Waals surface area (Å²) in [6.07, 6.45) is 4.66. The highest BCUT2D eigenvalue weighted by Crippen LogP contribution is 2.28. The maximum atomic E-state index is 12.2. The molecule has 1 aromatic carbocycles. The molecule has 2 rings (SSSR count). The van der Waals surface area contributed by atoms with Gasteiger partial charge in [0.25, 0.3) is 0 Å². The van der Waals surface area contributed by atoms with Crippen molar-refractivity contribution in [2.24, 2.45) is 5.92 Å². The van der Waals surface area contributed by atoms with Crippen molar-refractivity contribution in [1.29, 1.82) is 5.26 Å². The molecule has 0 spiro atoms. The standard InChI is InChI=1S/C18H20N2O4/c1-23-16-8-6-13(11-17(16)24-2)5-7-15(21)14(12-19)18(22)20-9-3-4-10-20/h5-8,11,14H,3-4,9-10H2,1-2H3/b7-5-/t14-/m0/s1. The van der Waals surface area contributed by atoms with Crippen molar-refractivity contribution in [3.05, 3.63) is 29.8 Å². The van der Waals surface area contributed by atoms with E-state index >= 15 is 0 Å². The molecule has 0 aromatic heterocycles. The number of rotatable bonds is 6. The third kappa shape index (κ3) is 3.93. The summed E-state index contributed by atoms with van der Waals surface area (Å²) in [5.41, 5.74) is 0.714. The first-order chi connectivity index (χ1) is 11.6. The van der Waals surface area contributed by atoms with Crippen molar-refractivity contribution in [2.75, 3.05) is 27.3 Å². The third-order valence-corrected chi connectivity index (χ3v) is 3.93. The average molecular weight is 328 g/mol. The van der Waals surface area contributed by atoms with Crippen LogP contribution in [0.4, 0.5) is 0 Å². The van der Waals surface area contributed by atoms with Crippen LogP contribution in [-0.2, 0) is 9.59 Å². The van der Waals surface area contributed by atoms with Crippen molar-refractivity contribution in [3.8, 4) is 17.6 Å². The van der Waals surface area contributed by atoms with E-state index < -0.39 is 17.6 Å². The van der Waals surface area contributed by atoms with Gasteiger partial charge in [-0.15, -0.1) is 0 Å². The minimum Gasteiger partial charge on any atom is -0.493 e. The van der Waals surface area contributed by atoms with Crippen LogP contribution in [0.1, 0.15) is 18.4 Å². The summed E-state index contributed by atoms with van der Waals surface area (Å²) in [6.45, 7) is 1.23. The molecule has 0 unspecified atom stereocenters. The molecule has 1 aliphatic rings. The second-order valence-corrected chi connectivity index (χ2v) is 5.44. The first-order valence-corrected chi connectivity index (χ1v) is 7.73. The Labute approximate surface area is 141 Å². The quantitative estimate of drug-likeness (QED) is 0.590. The fraction of sp³-hybridized carbons (Fsp3) is 0.389. The largest absolute Gasteiger partial charge is 0.493 e. The summed E-state index contributed by atoms with van der Waals surface area (Å²) < 4.78 is 10.4. The number of amides is 1. The zero-order valence-electron chi connectivity index (χ0n) is 13.8. The van der Waals surface area contributed by atoms with Crippen LogP contribution < -0.4 is 9.47 Å². The van der Waals surface area contributed by atoms with Gasteiger partial charge in [0.15, 0.2) is 23.2 Å². The molecule has 0 radical (unpaired) electrons. The van der Waals surface area contributed by atoms with Gasteiger partial charge in [-0.25, -0.2) is 0 Å². The SMILES string of the molecule is COc1ccc(/C=C\C(=O)[C@H](C#N)C(=O)N2CCCC2)cc1OC. The van der Waals surface area contributed by atoms with Gasteiger partial charge in [0.1, 0.15) is 0 Å². The Kier molecular flexibility index (Phi) is 5.96. The first-order valence-electron chi connectivity index (χ1n) is 7.73. The molecule has 1 heterocycles. The van der Waals surface area contributed by atoms with Crippen LogP contribution in [0.2, 0.25) is 0 Å². The molecule has 24 heavy (non-hydrogen) atoms. The van der Waals surface area contributed by atoms with Crippen LogP contribution in [0.3, 0.4) is 0 Å². The topological polar surface area (TPSA) is 79.6 Å². The number of hydrogen-bond acceptors (Lipinski definition) is 5. The fourth-order valence-corrected chi connectivity index (χ4v) is 2.59. The van der Waals surface area contributed by atoms with Crippen LogP contribution in [0, 0.1) is 17.2 Å². The van der Waals surface area contributed by atoms with Crippen molar-refractivity contribution in [3.63, 3.8) is 0 Å². The Morgan fingerprint density at radius 2 is 1.88 bits per heavy atom. The van der Waals surface area contributed by atoms with E-state index in [1.54, 1.807) is 36.3 Å². The van der Waals surface area contributed by atoms with Gasteiger partial charge in [-0.2, -0.15) is 5.26 Å². The summed E-state index contributed by atoms with van der Waals surface area (Å²) in [5, 5.41) is 9.19. The summed E-state index contributed by atoms with van der Waals surface area (Å²) in [4.78, 5) is 26.0. The van der Waals surface area contributed by atoms with Gasteiger partial charge in [0.2, 0.25) is 5.91 Å². The molecule has 0 N–H and O–H groups in total. The van der Waals surface area contributed by atoms with Crippen LogP contribution >= 0.6 is 0 Å². The van der Waals surface area contributed by atoms with Gasteiger partial charge >= 0.3 is 0 Å². The number of hydrogen-bond donors (Lipinski definition) is 0. The van der Waals surface area contributed by atoms with E-state index in [0.29, 0.717) is 30.2 Å². The molecule has 0 saturated carbocycles. The Morgan fingerprint density at radius 3 is 2.46 bits per heavy atom. The van der Waals surface area contributed by atoms with E-state index in [1.165, 1.54) is 13.2 Å². The van der Waals surface area contributed by atoms with Gasteiger partial charge in [-0.3, -0.25) is 9.59 Å². The maximum absolute atomic E-state index is 12.2. The van der Waals surface area contributed by atoms with E-state index in [1.807, 2.05) is 6.07 Å². The van der Waals surface area contributed by atoms with Gasteiger partial charge in [0.05, 0.1) is 20.3 Å². The van der Waals surface area contributed by atoms with Crippen LogP contribution in [0.5, 0.6) is 11.5 Å².